The van der Waals surface area contributed by atoms with Crippen LogP contribution in [0, 0.1) is 0 Å². The largest absolute Gasteiger partial charge is 0.376 e. The van der Waals surface area contributed by atoms with E-state index in [-0.39, 0.29) is 26.1 Å². The molecule has 96 valence electrons. The highest BCUT2D eigenvalue weighted by Crippen LogP contribution is 2.08. The molecule has 1 heterocycles. The smallest absolute Gasteiger partial charge is 0.231 e. The third kappa shape index (κ3) is 4.76. The van der Waals surface area contributed by atoms with Crippen molar-refractivity contribution >= 4 is 17.8 Å². The first-order valence-corrected chi connectivity index (χ1v) is 4.86. The Hall–Kier alpha value is -1.71. The highest BCUT2D eigenvalue weighted by Gasteiger charge is 2.05. The van der Waals surface area contributed by atoms with Crippen LogP contribution in [0.3, 0.4) is 0 Å². The van der Waals surface area contributed by atoms with E-state index in [1.807, 2.05) is 0 Å². The quantitative estimate of drug-likeness (QED) is 0.439. The second-order valence-electron chi connectivity index (χ2n) is 2.86. The zero-order chi connectivity index (χ0) is 12.5. The van der Waals surface area contributed by atoms with Gasteiger partial charge in [0.1, 0.15) is 20.2 Å². The number of anilines is 3. The molecular weight excluding hydrogens is 228 g/mol. The van der Waals surface area contributed by atoms with Crippen molar-refractivity contribution in [2.24, 2.45) is 0 Å². The van der Waals surface area contributed by atoms with Gasteiger partial charge in [-0.05, 0) is 0 Å². The van der Waals surface area contributed by atoms with Gasteiger partial charge in [0, 0.05) is 14.2 Å². The van der Waals surface area contributed by atoms with Crippen LogP contribution in [0.5, 0.6) is 0 Å². The zero-order valence-corrected chi connectivity index (χ0v) is 9.73. The molecule has 1 rings (SSSR count). The van der Waals surface area contributed by atoms with Crippen LogP contribution in [0.25, 0.3) is 0 Å². The lowest BCUT2D eigenvalue weighted by molar-refractivity contribution is 0.219. The van der Waals surface area contributed by atoms with E-state index in [2.05, 4.69) is 30.9 Å². The van der Waals surface area contributed by atoms with Crippen LogP contribution in [0.4, 0.5) is 17.8 Å². The number of rotatable bonds is 8. The van der Waals surface area contributed by atoms with Gasteiger partial charge in [-0.25, -0.2) is 0 Å². The Kier molecular flexibility index (Phi) is 5.93. The number of hydrogen-bond acceptors (Lipinski definition) is 9. The van der Waals surface area contributed by atoms with Crippen LogP contribution in [-0.2, 0) is 9.47 Å². The number of methoxy groups -OCH3 is 2. The summed E-state index contributed by atoms with van der Waals surface area (Å²) in [6.07, 6.45) is 0. The van der Waals surface area contributed by atoms with Gasteiger partial charge in [-0.1, -0.05) is 0 Å². The molecule has 0 saturated heterocycles. The molecule has 4 N–H and O–H groups in total. The fourth-order valence-electron chi connectivity index (χ4n) is 0.957. The average Bonchev–Trinajstić information content (AvgIpc) is 2.34. The van der Waals surface area contributed by atoms with E-state index in [1.54, 1.807) is 14.2 Å². The molecule has 0 atom stereocenters. The maximum atomic E-state index is 8.75. The van der Waals surface area contributed by atoms with E-state index >= 15 is 0 Å². The molecule has 0 aromatic carbocycles. The molecule has 9 nitrogen and oxygen atoms in total. The van der Waals surface area contributed by atoms with E-state index in [1.165, 1.54) is 0 Å². The summed E-state index contributed by atoms with van der Waals surface area (Å²) >= 11 is 0. The first-order valence-electron chi connectivity index (χ1n) is 4.86. The normalized spacial score (nSPS) is 10.1. The Labute approximate surface area is 98.6 Å². The first kappa shape index (κ1) is 13.4. The summed E-state index contributed by atoms with van der Waals surface area (Å²) in [6.45, 7) is 0.274. The van der Waals surface area contributed by atoms with E-state index < -0.39 is 0 Å². The van der Waals surface area contributed by atoms with Crippen molar-refractivity contribution in [2.75, 3.05) is 50.4 Å². The Balaban J connectivity index is 2.76. The van der Waals surface area contributed by atoms with Crippen molar-refractivity contribution in [3.63, 3.8) is 0 Å². The number of ether oxygens (including phenoxy) is 2. The molecule has 0 aliphatic carbocycles. The van der Waals surface area contributed by atoms with Crippen LogP contribution in [-0.4, -0.2) is 54.5 Å². The lowest BCUT2D eigenvalue weighted by atomic mass is 10.8. The highest BCUT2D eigenvalue weighted by molar-refractivity contribution is 5.41. The summed E-state index contributed by atoms with van der Waals surface area (Å²) in [5, 5.41) is 17.0. The van der Waals surface area contributed by atoms with E-state index in [0.717, 1.165) is 0 Å². The van der Waals surface area contributed by atoms with Crippen LogP contribution in [0.15, 0.2) is 0 Å². The Morgan fingerprint density at radius 1 is 0.882 bits per heavy atom. The summed E-state index contributed by atoms with van der Waals surface area (Å²) in [5.41, 5.74) is 0. The van der Waals surface area contributed by atoms with Crippen molar-refractivity contribution in [3.8, 4) is 0 Å². The second kappa shape index (κ2) is 7.54. The Bertz CT molecular complexity index is 311. The molecule has 0 unspecified atom stereocenters. The van der Waals surface area contributed by atoms with E-state index in [9.17, 15) is 0 Å². The lowest BCUT2D eigenvalue weighted by Gasteiger charge is -2.09. The minimum Gasteiger partial charge on any atom is -0.376 e. The summed E-state index contributed by atoms with van der Waals surface area (Å²) in [4.78, 5) is 12.1. The number of nitrogens with zero attached hydrogens (tertiary/aromatic N) is 3. The topological polar surface area (TPSA) is 113 Å². The number of nitrogens with one attached hydrogen (secondary N) is 3. The van der Waals surface area contributed by atoms with Crippen molar-refractivity contribution in [2.45, 2.75) is 0 Å². The van der Waals surface area contributed by atoms with Gasteiger partial charge in [-0.3, -0.25) is 0 Å². The maximum Gasteiger partial charge on any atom is 0.231 e. The Morgan fingerprint density at radius 3 is 1.65 bits per heavy atom. The van der Waals surface area contributed by atoms with E-state index in [0.29, 0.717) is 11.9 Å². The minimum atomic E-state index is -0.266. The first-order chi connectivity index (χ1) is 8.30. The lowest BCUT2D eigenvalue weighted by Crippen LogP contribution is -2.14. The summed E-state index contributed by atoms with van der Waals surface area (Å²) in [6, 6.07) is 0. The van der Waals surface area contributed by atoms with Gasteiger partial charge in [-0.2, -0.15) is 15.0 Å². The molecule has 0 fully saturated rings. The molecule has 17 heavy (non-hydrogen) atoms. The fourth-order valence-corrected chi connectivity index (χ4v) is 0.957. The third-order valence-electron chi connectivity index (χ3n) is 1.62. The molecule has 9 heteroatoms. The molecule has 0 aliphatic heterocycles. The van der Waals surface area contributed by atoms with Gasteiger partial charge in [0.2, 0.25) is 17.8 Å². The van der Waals surface area contributed by atoms with Crippen molar-refractivity contribution < 1.29 is 14.6 Å². The molecule has 0 bridgehead atoms. The minimum absolute atomic E-state index is 0.250. The van der Waals surface area contributed by atoms with Gasteiger partial charge in [-0.15, -0.1) is 0 Å². The monoisotopic (exact) mass is 244 g/mol. The summed E-state index contributed by atoms with van der Waals surface area (Å²) in [5.74, 6) is 0.910. The van der Waals surface area contributed by atoms with Gasteiger partial charge in [0.05, 0.1) is 0 Å². The SMILES string of the molecule is COCNc1nc(NCO)nc(NCOC)n1. The van der Waals surface area contributed by atoms with Crippen molar-refractivity contribution in [1.29, 1.82) is 0 Å². The summed E-state index contributed by atoms with van der Waals surface area (Å²) < 4.78 is 9.68. The fraction of sp³-hybridized carbons (Fsp3) is 0.625. The molecule has 1 aromatic heterocycles. The van der Waals surface area contributed by atoms with Crippen LogP contribution in [0.2, 0.25) is 0 Å². The predicted molar refractivity (Wildman–Crippen MR) is 61.5 cm³/mol. The molecule has 0 saturated carbocycles. The summed E-state index contributed by atoms with van der Waals surface area (Å²) in [7, 11) is 3.09. The van der Waals surface area contributed by atoms with Crippen LogP contribution < -0.4 is 16.0 Å². The molecule has 0 amide bonds. The van der Waals surface area contributed by atoms with Crippen LogP contribution in [0.1, 0.15) is 0 Å². The molecule has 1 aromatic rings. The molecule has 0 radical (unpaired) electrons. The average molecular weight is 244 g/mol. The predicted octanol–water partition coefficient (Wildman–Crippen LogP) is -0.735. The third-order valence-corrected chi connectivity index (χ3v) is 1.62. The molecular formula is C8H16N6O3. The van der Waals surface area contributed by atoms with Gasteiger partial charge < -0.3 is 30.5 Å². The standard InChI is InChI=1S/C8H16N6O3/c1-16-4-10-7-12-6(9-3-15)13-8(14-7)11-5-17-2/h15H,3-5H2,1-2H3,(H3,9,10,11,12,13,14). The van der Waals surface area contributed by atoms with Crippen molar-refractivity contribution in [1.82, 2.24) is 15.0 Å². The molecule has 0 aliphatic rings. The number of aliphatic hydroxyl groups is 1. The number of hydrogen-bond donors (Lipinski definition) is 4. The van der Waals surface area contributed by atoms with Crippen molar-refractivity contribution in [3.05, 3.63) is 0 Å². The Morgan fingerprint density at radius 2 is 1.29 bits per heavy atom. The molecule has 0 spiro atoms. The van der Waals surface area contributed by atoms with Gasteiger partial charge in [0.15, 0.2) is 0 Å². The maximum absolute atomic E-state index is 8.75. The van der Waals surface area contributed by atoms with Crippen LogP contribution >= 0.6 is 0 Å². The van der Waals surface area contributed by atoms with Gasteiger partial charge in [0.25, 0.3) is 0 Å². The highest BCUT2D eigenvalue weighted by atomic mass is 16.5. The van der Waals surface area contributed by atoms with Gasteiger partial charge >= 0.3 is 0 Å². The zero-order valence-electron chi connectivity index (χ0n) is 9.73. The number of aliphatic hydroxyl groups excluding tert-OH is 1. The van der Waals surface area contributed by atoms with E-state index in [4.69, 9.17) is 14.6 Å². The second-order valence-corrected chi connectivity index (χ2v) is 2.86. The number of aromatic nitrogens is 3.